The van der Waals surface area contributed by atoms with Gasteiger partial charge in [-0.2, -0.15) is 0 Å². The summed E-state index contributed by atoms with van der Waals surface area (Å²) in [5.74, 6) is 0.246. The molecule has 1 fully saturated rings. The summed E-state index contributed by atoms with van der Waals surface area (Å²) < 4.78 is 21.3. The Hall–Kier alpha value is -3.17. The standard InChI is InChI=1S/C23H22FN5O2S/c24-15-5-3-6-16(11-15)26-21(30)14-32-23-28-27-22(29(23)13-17-7-4-10-31-17)19-12-25-20-9-2-1-8-18(19)20/h1-3,5-6,8-9,11-12,17,25H,4,7,10,13-14H2,(H,26,30). The molecule has 1 aliphatic rings. The van der Waals surface area contributed by atoms with Crippen molar-refractivity contribution in [2.75, 3.05) is 17.7 Å². The number of halogens is 1. The third-order valence-electron chi connectivity index (χ3n) is 5.40. The number of amides is 1. The lowest BCUT2D eigenvalue weighted by Crippen LogP contribution is -2.18. The van der Waals surface area contributed by atoms with E-state index in [2.05, 4.69) is 20.5 Å². The van der Waals surface area contributed by atoms with Gasteiger partial charge in [0, 0.05) is 35.0 Å². The first-order valence-electron chi connectivity index (χ1n) is 10.5. The number of hydrogen-bond acceptors (Lipinski definition) is 5. The second-order valence-corrected chi connectivity index (χ2v) is 8.59. The van der Waals surface area contributed by atoms with Crippen LogP contribution in [0, 0.1) is 5.82 Å². The van der Waals surface area contributed by atoms with Crippen LogP contribution in [0.3, 0.4) is 0 Å². The predicted molar refractivity (Wildman–Crippen MR) is 122 cm³/mol. The number of nitrogens with one attached hydrogen (secondary N) is 2. The fourth-order valence-corrected chi connectivity index (χ4v) is 4.65. The van der Waals surface area contributed by atoms with E-state index in [-0.39, 0.29) is 17.8 Å². The maximum absolute atomic E-state index is 13.4. The predicted octanol–water partition coefficient (Wildman–Crippen LogP) is 4.48. The second kappa shape index (κ2) is 9.13. The lowest BCUT2D eigenvalue weighted by atomic mass is 10.1. The van der Waals surface area contributed by atoms with Gasteiger partial charge >= 0.3 is 0 Å². The zero-order valence-electron chi connectivity index (χ0n) is 17.3. The first-order chi connectivity index (χ1) is 15.7. The Bertz CT molecular complexity index is 1250. The van der Waals surface area contributed by atoms with Crippen molar-refractivity contribution in [1.82, 2.24) is 19.7 Å². The van der Waals surface area contributed by atoms with Gasteiger partial charge in [-0.25, -0.2) is 4.39 Å². The van der Waals surface area contributed by atoms with Crippen LogP contribution in [0.5, 0.6) is 0 Å². The third-order valence-corrected chi connectivity index (χ3v) is 6.36. The molecule has 9 heteroatoms. The van der Waals surface area contributed by atoms with Crippen LogP contribution in [0.15, 0.2) is 59.9 Å². The summed E-state index contributed by atoms with van der Waals surface area (Å²) >= 11 is 1.30. The molecule has 1 atom stereocenters. The molecule has 0 spiro atoms. The van der Waals surface area contributed by atoms with Crippen molar-refractivity contribution in [3.8, 4) is 11.4 Å². The van der Waals surface area contributed by atoms with Crippen molar-refractivity contribution in [2.45, 2.75) is 30.6 Å². The summed E-state index contributed by atoms with van der Waals surface area (Å²) in [4.78, 5) is 15.7. The summed E-state index contributed by atoms with van der Waals surface area (Å²) in [6, 6.07) is 13.9. The molecular formula is C23H22FN5O2S. The Morgan fingerprint density at radius 1 is 1.25 bits per heavy atom. The maximum Gasteiger partial charge on any atom is 0.234 e. The normalized spacial score (nSPS) is 16.0. The number of anilines is 1. The quantitative estimate of drug-likeness (QED) is 0.405. The molecule has 7 nitrogen and oxygen atoms in total. The summed E-state index contributed by atoms with van der Waals surface area (Å²) in [7, 11) is 0. The molecule has 0 saturated carbocycles. The van der Waals surface area contributed by atoms with Crippen molar-refractivity contribution in [2.24, 2.45) is 0 Å². The molecule has 1 unspecified atom stereocenters. The van der Waals surface area contributed by atoms with Crippen LogP contribution in [0.4, 0.5) is 10.1 Å². The number of hydrogen-bond donors (Lipinski definition) is 2. The molecule has 1 saturated heterocycles. The maximum atomic E-state index is 13.4. The summed E-state index contributed by atoms with van der Waals surface area (Å²) in [5.41, 5.74) is 2.41. The molecule has 1 amide bonds. The van der Waals surface area contributed by atoms with Gasteiger partial charge in [-0.05, 0) is 37.1 Å². The molecule has 164 valence electrons. The Kier molecular flexibility index (Phi) is 5.91. The number of para-hydroxylation sites is 1. The zero-order chi connectivity index (χ0) is 21.9. The minimum atomic E-state index is -0.393. The molecule has 2 N–H and O–H groups in total. The molecule has 4 aromatic rings. The van der Waals surface area contributed by atoms with Gasteiger partial charge in [-0.3, -0.25) is 9.36 Å². The van der Waals surface area contributed by atoms with Crippen LogP contribution >= 0.6 is 11.8 Å². The van der Waals surface area contributed by atoms with Crippen LogP contribution in [0.1, 0.15) is 12.8 Å². The van der Waals surface area contributed by atoms with Crippen LogP contribution in [0.25, 0.3) is 22.3 Å². The average molecular weight is 452 g/mol. The van der Waals surface area contributed by atoms with E-state index in [9.17, 15) is 9.18 Å². The number of carbonyl (C=O) groups is 1. The fourth-order valence-electron chi connectivity index (χ4n) is 3.90. The van der Waals surface area contributed by atoms with E-state index < -0.39 is 5.82 Å². The Morgan fingerprint density at radius 3 is 3.00 bits per heavy atom. The number of rotatable bonds is 7. The van der Waals surface area contributed by atoms with E-state index in [0.717, 1.165) is 41.7 Å². The van der Waals surface area contributed by atoms with Gasteiger partial charge in [-0.15, -0.1) is 10.2 Å². The third kappa shape index (κ3) is 4.39. The number of carbonyl (C=O) groups excluding carboxylic acids is 1. The van der Waals surface area contributed by atoms with Crippen LogP contribution < -0.4 is 5.32 Å². The molecule has 32 heavy (non-hydrogen) atoms. The number of nitrogens with zero attached hydrogens (tertiary/aromatic N) is 3. The summed E-state index contributed by atoms with van der Waals surface area (Å²) in [6.45, 7) is 1.38. The number of ether oxygens (including phenoxy) is 1. The minimum absolute atomic E-state index is 0.0930. The minimum Gasteiger partial charge on any atom is -0.376 e. The summed E-state index contributed by atoms with van der Waals surface area (Å²) in [5, 5.41) is 13.3. The highest BCUT2D eigenvalue weighted by Crippen LogP contribution is 2.31. The van der Waals surface area contributed by atoms with Crippen molar-refractivity contribution in [3.63, 3.8) is 0 Å². The molecule has 5 rings (SSSR count). The van der Waals surface area contributed by atoms with E-state index in [1.165, 1.54) is 23.9 Å². The molecule has 0 radical (unpaired) electrons. The number of H-pyrrole nitrogens is 1. The van der Waals surface area contributed by atoms with Gasteiger partial charge in [0.2, 0.25) is 5.91 Å². The molecule has 2 aromatic carbocycles. The van der Waals surface area contributed by atoms with Crippen LogP contribution in [-0.2, 0) is 16.1 Å². The number of thioether (sulfide) groups is 1. The number of fused-ring (bicyclic) bond motifs is 1. The van der Waals surface area contributed by atoms with Crippen LogP contribution in [-0.4, -0.2) is 44.1 Å². The second-order valence-electron chi connectivity index (χ2n) is 7.65. The largest absolute Gasteiger partial charge is 0.376 e. The Morgan fingerprint density at radius 2 is 2.16 bits per heavy atom. The molecular weight excluding hydrogens is 429 g/mol. The van der Waals surface area contributed by atoms with Gasteiger partial charge < -0.3 is 15.0 Å². The van der Waals surface area contributed by atoms with Gasteiger partial charge in [0.25, 0.3) is 0 Å². The van der Waals surface area contributed by atoms with Gasteiger partial charge in [0.1, 0.15) is 5.82 Å². The highest BCUT2D eigenvalue weighted by atomic mass is 32.2. The number of aromatic amines is 1. The van der Waals surface area contributed by atoms with Crippen LogP contribution in [0.2, 0.25) is 0 Å². The smallest absolute Gasteiger partial charge is 0.234 e. The Balaban J connectivity index is 1.38. The molecule has 0 bridgehead atoms. The van der Waals surface area contributed by atoms with Crippen molar-refractivity contribution in [3.05, 3.63) is 60.5 Å². The van der Waals surface area contributed by atoms with E-state index in [0.29, 0.717) is 17.4 Å². The molecule has 1 aliphatic heterocycles. The fraction of sp³-hybridized carbons (Fsp3) is 0.261. The first-order valence-corrected chi connectivity index (χ1v) is 11.5. The van der Waals surface area contributed by atoms with E-state index in [4.69, 9.17) is 4.74 Å². The van der Waals surface area contributed by atoms with E-state index in [1.54, 1.807) is 12.1 Å². The Labute approximate surface area is 188 Å². The average Bonchev–Trinajstić information content (AvgIpc) is 3.53. The van der Waals surface area contributed by atoms with E-state index in [1.807, 2.05) is 35.0 Å². The first kappa shape index (κ1) is 20.7. The lowest BCUT2D eigenvalue weighted by molar-refractivity contribution is -0.113. The lowest BCUT2D eigenvalue weighted by Gasteiger charge is -2.14. The monoisotopic (exact) mass is 451 g/mol. The SMILES string of the molecule is O=C(CSc1nnc(-c2c[nH]c3ccccc23)n1CC1CCCO1)Nc1cccc(F)c1. The van der Waals surface area contributed by atoms with Crippen molar-refractivity contribution >= 4 is 34.3 Å². The van der Waals surface area contributed by atoms with E-state index >= 15 is 0 Å². The molecule has 3 heterocycles. The van der Waals surface area contributed by atoms with Gasteiger partial charge in [0.05, 0.1) is 18.4 Å². The zero-order valence-corrected chi connectivity index (χ0v) is 18.1. The van der Waals surface area contributed by atoms with Gasteiger partial charge in [0.15, 0.2) is 11.0 Å². The summed E-state index contributed by atoms with van der Waals surface area (Å²) in [6.07, 6.45) is 4.05. The van der Waals surface area contributed by atoms with Gasteiger partial charge in [-0.1, -0.05) is 36.0 Å². The highest BCUT2D eigenvalue weighted by Gasteiger charge is 2.23. The highest BCUT2D eigenvalue weighted by molar-refractivity contribution is 7.99. The molecule has 2 aromatic heterocycles. The van der Waals surface area contributed by atoms with Crippen molar-refractivity contribution in [1.29, 1.82) is 0 Å². The number of aromatic nitrogens is 4. The van der Waals surface area contributed by atoms with Crippen molar-refractivity contribution < 1.29 is 13.9 Å². The number of benzene rings is 2. The molecule has 0 aliphatic carbocycles. The topological polar surface area (TPSA) is 84.8 Å².